The molecule has 0 aromatic heterocycles. The standard InChI is InChI=1S/C21H25N3O3S/c22-15-16-4-6-18(7-5-16)21(25)23-10-12-24(13-11-23)28(26,27)20-9-8-17-2-1-3-19(17)14-20/h4-9,14H,1-3,10-13,15,22H2. The van der Waals surface area contributed by atoms with Gasteiger partial charge in [-0.15, -0.1) is 0 Å². The molecule has 4 rings (SSSR count). The highest BCUT2D eigenvalue weighted by Gasteiger charge is 2.31. The highest BCUT2D eigenvalue weighted by Crippen LogP contribution is 2.27. The Labute approximate surface area is 166 Å². The van der Waals surface area contributed by atoms with E-state index in [4.69, 9.17) is 5.73 Å². The Bertz CT molecular complexity index is 978. The van der Waals surface area contributed by atoms with E-state index in [2.05, 4.69) is 0 Å². The SMILES string of the molecule is NCc1ccc(C(=O)N2CCN(S(=O)(=O)c3ccc4c(c3)CCC4)CC2)cc1. The molecule has 1 aliphatic carbocycles. The van der Waals surface area contributed by atoms with E-state index in [9.17, 15) is 13.2 Å². The quantitative estimate of drug-likeness (QED) is 0.849. The fourth-order valence-electron chi connectivity index (χ4n) is 3.96. The summed E-state index contributed by atoms with van der Waals surface area (Å²) >= 11 is 0. The van der Waals surface area contributed by atoms with Crippen LogP contribution in [0.1, 0.15) is 33.5 Å². The van der Waals surface area contributed by atoms with Crippen molar-refractivity contribution in [1.82, 2.24) is 9.21 Å². The highest BCUT2D eigenvalue weighted by molar-refractivity contribution is 7.89. The summed E-state index contributed by atoms with van der Waals surface area (Å²) in [5.41, 5.74) is 9.58. The molecule has 1 fully saturated rings. The predicted octanol–water partition coefficient (Wildman–Crippen LogP) is 1.78. The summed E-state index contributed by atoms with van der Waals surface area (Å²) in [5.74, 6) is -0.0712. The minimum absolute atomic E-state index is 0.0712. The maximum atomic E-state index is 13.0. The maximum Gasteiger partial charge on any atom is 0.253 e. The Morgan fingerprint density at radius 3 is 2.29 bits per heavy atom. The number of fused-ring (bicyclic) bond motifs is 1. The number of nitrogens with two attached hydrogens (primary N) is 1. The first kappa shape index (κ1) is 19.1. The largest absolute Gasteiger partial charge is 0.336 e. The number of piperazine rings is 1. The minimum atomic E-state index is -3.52. The molecule has 2 aromatic rings. The summed E-state index contributed by atoms with van der Waals surface area (Å²) in [6.07, 6.45) is 3.07. The fraction of sp³-hybridized carbons (Fsp3) is 0.381. The molecule has 0 radical (unpaired) electrons. The van der Waals surface area contributed by atoms with E-state index < -0.39 is 10.0 Å². The number of carbonyl (C=O) groups excluding carboxylic acids is 1. The van der Waals surface area contributed by atoms with Gasteiger partial charge in [0.15, 0.2) is 0 Å². The van der Waals surface area contributed by atoms with Gasteiger partial charge in [0, 0.05) is 38.3 Å². The third-order valence-corrected chi connectivity index (χ3v) is 7.56. The van der Waals surface area contributed by atoms with Crippen LogP contribution in [0.15, 0.2) is 47.4 Å². The van der Waals surface area contributed by atoms with Crippen LogP contribution >= 0.6 is 0 Å². The molecule has 28 heavy (non-hydrogen) atoms. The molecule has 1 heterocycles. The van der Waals surface area contributed by atoms with Gasteiger partial charge in [-0.2, -0.15) is 4.31 Å². The van der Waals surface area contributed by atoms with Crippen LogP contribution in [-0.4, -0.2) is 49.7 Å². The van der Waals surface area contributed by atoms with E-state index in [-0.39, 0.29) is 5.91 Å². The summed E-state index contributed by atoms with van der Waals surface area (Å²) < 4.78 is 27.5. The number of hydrogen-bond acceptors (Lipinski definition) is 4. The molecule has 0 saturated carbocycles. The lowest BCUT2D eigenvalue weighted by molar-refractivity contribution is 0.0698. The van der Waals surface area contributed by atoms with Crippen molar-refractivity contribution < 1.29 is 13.2 Å². The summed E-state index contributed by atoms with van der Waals surface area (Å²) in [6.45, 7) is 1.84. The first-order valence-electron chi connectivity index (χ1n) is 9.69. The van der Waals surface area contributed by atoms with Gasteiger partial charge in [0.1, 0.15) is 0 Å². The first-order chi connectivity index (χ1) is 13.5. The zero-order valence-electron chi connectivity index (χ0n) is 15.8. The third-order valence-electron chi connectivity index (χ3n) is 5.67. The number of nitrogens with zero attached hydrogens (tertiary/aromatic N) is 2. The molecule has 6 nitrogen and oxygen atoms in total. The zero-order valence-corrected chi connectivity index (χ0v) is 16.6. The van der Waals surface area contributed by atoms with Crippen molar-refractivity contribution in [3.63, 3.8) is 0 Å². The third kappa shape index (κ3) is 3.57. The van der Waals surface area contributed by atoms with Crippen LogP contribution in [0.3, 0.4) is 0 Å². The van der Waals surface area contributed by atoms with Crippen LogP contribution in [0.4, 0.5) is 0 Å². The van der Waals surface area contributed by atoms with Crippen molar-refractivity contribution >= 4 is 15.9 Å². The summed E-state index contributed by atoms with van der Waals surface area (Å²) in [6, 6.07) is 12.7. The van der Waals surface area contributed by atoms with Crippen molar-refractivity contribution in [2.24, 2.45) is 5.73 Å². The average Bonchev–Trinajstić information content (AvgIpc) is 3.21. The Kier molecular flexibility index (Phi) is 5.23. The van der Waals surface area contributed by atoms with E-state index in [1.165, 1.54) is 9.87 Å². The molecule has 1 aliphatic heterocycles. The van der Waals surface area contributed by atoms with E-state index in [0.717, 1.165) is 30.4 Å². The second-order valence-electron chi connectivity index (χ2n) is 7.38. The van der Waals surface area contributed by atoms with Gasteiger partial charge in [-0.3, -0.25) is 4.79 Å². The van der Waals surface area contributed by atoms with Crippen LogP contribution in [0, 0.1) is 0 Å². The smallest absolute Gasteiger partial charge is 0.253 e. The molecule has 148 valence electrons. The van der Waals surface area contributed by atoms with Crippen LogP contribution < -0.4 is 5.73 Å². The molecule has 2 N–H and O–H groups in total. The first-order valence-corrected chi connectivity index (χ1v) is 11.1. The Balaban J connectivity index is 1.43. The van der Waals surface area contributed by atoms with Crippen LogP contribution in [0.2, 0.25) is 0 Å². The molecular formula is C21H25N3O3S. The van der Waals surface area contributed by atoms with Gasteiger partial charge in [-0.1, -0.05) is 18.2 Å². The van der Waals surface area contributed by atoms with Gasteiger partial charge in [0.05, 0.1) is 4.90 Å². The minimum Gasteiger partial charge on any atom is -0.336 e. The molecule has 0 unspecified atom stereocenters. The Morgan fingerprint density at radius 2 is 1.61 bits per heavy atom. The topological polar surface area (TPSA) is 83.7 Å². The van der Waals surface area contributed by atoms with Gasteiger partial charge in [0.2, 0.25) is 10.0 Å². The summed E-state index contributed by atoms with van der Waals surface area (Å²) in [4.78, 5) is 14.8. The second kappa shape index (κ2) is 7.66. The number of benzene rings is 2. The molecular weight excluding hydrogens is 374 g/mol. The van der Waals surface area contributed by atoms with Crippen molar-refractivity contribution in [1.29, 1.82) is 0 Å². The number of sulfonamides is 1. The van der Waals surface area contributed by atoms with E-state index in [1.807, 2.05) is 24.3 Å². The van der Waals surface area contributed by atoms with Crippen LogP contribution in [0.25, 0.3) is 0 Å². The molecule has 0 bridgehead atoms. The molecule has 2 aromatic carbocycles. The molecule has 0 atom stereocenters. The highest BCUT2D eigenvalue weighted by atomic mass is 32.2. The average molecular weight is 400 g/mol. The van der Waals surface area contributed by atoms with E-state index in [0.29, 0.717) is 43.2 Å². The van der Waals surface area contributed by atoms with Crippen molar-refractivity contribution in [3.05, 3.63) is 64.7 Å². The number of rotatable bonds is 4. The lowest BCUT2D eigenvalue weighted by atomic mass is 10.1. The summed E-state index contributed by atoms with van der Waals surface area (Å²) in [5, 5.41) is 0. The van der Waals surface area contributed by atoms with E-state index in [1.54, 1.807) is 23.1 Å². The molecule has 7 heteroatoms. The van der Waals surface area contributed by atoms with Gasteiger partial charge in [0.25, 0.3) is 5.91 Å². The lowest BCUT2D eigenvalue weighted by Gasteiger charge is -2.34. The molecule has 1 amide bonds. The number of aryl methyl sites for hydroxylation is 2. The lowest BCUT2D eigenvalue weighted by Crippen LogP contribution is -2.50. The number of hydrogen-bond donors (Lipinski definition) is 1. The van der Waals surface area contributed by atoms with Gasteiger partial charge in [-0.05, 0) is 60.2 Å². The Hall–Kier alpha value is -2.22. The fourth-order valence-corrected chi connectivity index (χ4v) is 5.43. The van der Waals surface area contributed by atoms with Gasteiger partial charge >= 0.3 is 0 Å². The summed E-state index contributed by atoms with van der Waals surface area (Å²) in [7, 11) is -3.52. The van der Waals surface area contributed by atoms with Crippen molar-refractivity contribution in [3.8, 4) is 0 Å². The normalized spacial score (nSPS) is 17.5. The molecule has 0 spiro atoms. The molecule has 1 saturated heterocycles. The predicted molar refractivity (Wildman–Crippen MR) is 107 cm³/mol. The van der Waals surface area contributed by atoms with E-state index >= 15 is 0 Å². The second-order valence-corrected chi connectivity index (χ2v) is 9.32. The monoisotopic (exact) mass is 399 g/mol. The zero-order chi connectivity index (χ0) is 19.7. The maximum absolute atomic E-state index is 13.0. The van der Waals surface area contributed by atoms with Gasteiger partial charge < -0.3 is 10.6 Å². The van der Waals surface area contributed by atoms with Gasteiger partial charge in [-0.25, -0.2) is 8.42 Å². The molecule has 2 aliphatic rings. The van der Waals surface area contributed by atoms with Crippen LogP contribution in [0.5, 0.6) is 0 Å². The number of amides is 1. The Morgan fingerprint density at radius 1 is 0.929 bits per heavy atom. The van der Waals surface area contributed by atoms with Crippen LogP contribution in [-0.2, 0) is 29.4 Å². The van der Waals surface area contributed by atoms with Crippen molar-refractivity contribution in [2.45, 2.75) is 30.7 Å². The van der Waals surface area contributed by atoms with Crippen molar-refractivity contribution in [2.75, 3.05) is 26.2 Å². The number of carbonyl (C=O) groups is 1.